The molecule has 1 aliphatic carbocycles. The highest BCUT2D eigenvalue weighted by molar-refractivity contribution is 5.69. The van der Waals surface area contributed by atoms with Gasteiger partial charge in [0.2, 0.25) is 5.58 Å². The number of benzene rings is 2. The van der Waals surface area contributed by atoms with Crippen LogP contribution in [0.1, 0.15) is 25.2 Å². The molecule has 39 heavy (non-hydrogen) atoms. The lowest BCUT2D eigenvalue weighted by atomic mass is 9.94. The Morgan fingerprint density at radius 3 is 2.51 bits per heavy atom. The molecule has 4 aromatic rings. The fraction of sp³-hybridized carbons (Fsp3) is 0.161. The molecule has 0 amide bonds. The zero-order valence-corrected chi connectivity index (χ0v) is 21.8. The highest BCUT2D eigenvalue weighted by atomic mass is 19.1. The molecule has 6 nitrogen and oxygen atoms in total. The number of aromatic nitrogens is 2. The Bertz CT molecular complexity index is 1590. The van der Waals surface area contributed by atoms with Gasteiger partial charge in [-0.25, -0.2) is 13.8 Å². The van der Waals surface area contributed by atoms with Crippen LogP contribution >= 0.6 is 0 Å². The monoisotopic (exact) mass is 528 g/mol. The maximum atomic E-state index is 13.3. The van der Waals surface area contributed by atoms with Gasteiger partial charge >= 0.3 is 5.89 Å². The molecular formula is C31H30F2N4O2+2. The Hall–Kier alpha value is -4.72. The van der Waals surface area contributed by atoms with Crippen LogP contribution in [-0.2, 0) is 0 Å². The summed E-state index contributed by atoms with van der Waals surface area (Å²) in [4.78, 5) is 8.09. The summed E-state index contributed by atoms with van der Waals surface area (Å²) in [5, 5.41) is 3.07. The Morgan fingerprint density at radius 2 is 1.72 bits per heavy atom. The van der Waals surface area contributed by atoms with Crippen molar-refractivity contribution in [3.63, 3.8) is 0 Å². The lowest BCUT2D eigenvalue weighted by Crippen LogP contribution is -2.10. The zero-order chi connectivity index (χ0) is 27.2. The number of nitrogens with zero attached hydrogens (tertiary/aromatic N) is 1. The van der Waals surface area contributed by atoms with E-state index in [1.807, 2.05) is 62.9 Å². The summed E-state index contributed by atoms with van der Waals surface area (Å²) in [6.07, 6.45) is 16.7. The molecule has 2 aliphatic rings. The molecule has 0 spiro atoms. The second kappa shape index (κ2) is 11.8. The molecule has 2 aromatic heterocycles. The highest BCUT2D eigenvalue weighted by Gasteiger charge is 2.16. The number of rotatable bonds is 4. The molecule has 3 N–H and O–H groups in total. The van der Waals surface area contributed by atoms with Crippen molar-refractivity contribution in [3.05, 3.63) is 120 Å². The van der Waals surface area contributed by atoms with Crippen LogP contribution in [0.5, 0.6) is 5.75 Å². The van der Waals surface area contributed by atoms with Crippen LogP contribution in [0.3, 0.4) is 0 Å². The van der Waals surface area contributed by atoms with E-state index >= 15 is 0 Å². The molecular weight excluding hydrogens is 498 g/mol. The predicted octanol–water partition coefficient (Wildman–Crippen LogP) is 6.49. The van der Waals surface area contributed by atoms with Crippen molar-refractivity contribution in [2.24, 2.45) is 0 Å². The molecule has 0 unspecified atom stereocenters. The summed E-state index contributed by atoms with van der Waals surface area (Å²) < 4.78 is 38.0. The second-order valence-electron chi connectivity index (χ2n) is 9.43. The minimum absolute atomic E-state index is 0.303. The highest BCUT2D eigenvalue weighted by Crippen LogP contribution is 2.34. The van der Waals surface area contributed by atoms with E-state index in [-0.39, 0.29) is 11.6 Å². The molecule has 6 rings (SSSR count). The van der Waals surface area contributed by atoms with Crippen molar-refractivity contribution >= 4 is 28.6 Å². The predicted molar refractivity (Wildman–Crippen MR) is 148 cm³/mol. The quantitative estimate of drug-likeness (QED) is 0.329. The van der Waals surface area contributed by atoms with Gasteiger partial charge in [0.1, 0.15) is 11.6 Å². The summed E-state index contributed by atoms with van der Waals surface area (Å²) in [5.41, 5.74) is 5.45. The van der Waals surface area contributed by atoms with Crippen LogP contribution in [0.25, 0.3) is 17.2 Å². The van der Waals surface area contributed by atoms with Crippen molar-refractivity contribution in [2.75, 3.05) is 24.3 Å². The first-order valence-electron chi connectivity index (χ1n) is 12.7. The van der Waals surface area contributed by atoms with E-state index in [4.69, 9.17) is 9.15 Å². The number of hydrogen-bond acceptors (Lipinski definition) is 4. The first-order chi connectivity index (χ1) is 18.9. The number of fused-ring (bicyclic) bond motifs is 2. The van der Waals surface area contributed by atoms with Gasteiger partial charge in [-0.1, -0.05) is 12.2 Å². The Morgan fingerprint density at radius 1 is 0.923 bits per heavy atom. The second-order valence-corrected chi connectivity index (χ2v) is 9.43. The molecule has 0 saturated heterocycles. The Balaban J connectivity index is 0.000000292. The van der Waals surface area contributed by atoms with Crippen molar-refractivity contribution in [1.82, 2.24) is 0 Å². The maximum absolute atomic E-state index is 13.3. The van der Waals surface area contributed by atoms with Gasteiger partial charge in [0.05, 0.1) is 11.8 Å². The van der Waals surface area contributed by atoms with Gasteiger partial charge in [0.15, 0.2) is 24.0 Å². The Labute approximate surface area is 225 Å². The van der Waals surface area contributed by atoms with Crippen LogP contribution in [0.2, 0.25) is 0 Å². The lowest BCUT2D eigenvalue weighted by Gasteiger charge is -2.11. The molecule has 0 fully saturated rings. The van der Waals surface area contributed by atoms with E-state index in [9.17, 15) is 8.78 Å². The zero-order valence-electron chi connectivity index (χ0n) is 21.8. The van der Waals surface area contributed by atoms with Crippen molar-refractivity contribution in [2.45, 2.75) is 19.3 Å². The van der Waals surface area contributed by atoms with E-state index in [1.165, 1.54) is 41.1 Å². The number of nitrogens with one attached hydrogen (secondary N) is 3. The molecule has 8 heteroatoms. The third-order valence-corrected chi connectivity index (χ3v) is 6.26. The summed E-state index contributed by atoms with van der Waals surface area (Å²) in [7, 11) is 4.05. The smallest absolute Gasteiger partial charge is 0.372 e. The number of oxazole rings is 1. The summed E-state index contributed by atoms with van der Waals surface area (Å²) in [5.74, 6) is 1.16. The number of allylic oxidation sites excluding steroid dienone is 6. The number of pyridine rings is 1. The topological polar surface area (TPSA) is 65.9 Å². The fourth-order valence-corrected chi connectivity index (χ4v) is 4.27. The van der Waals surface area contributed by atoms with Gasteiger partial charge in [-0.2, -0.15) is 4.98 Å². The molecule has 1 aliphatic heterocycles. The van der Waals surface area contributed by atoms with Gasteiger partial charge in [0, 0.05) is 44.0 Å². The minimum Gasteiger partial charge on any atom is -0.439 e. The lowest BCUT2D eigenvalue weighted by molar-refractivity contribution is -0.377. The van der Waals surface area contributed by atoms with E-state index in [1.54, 1.807) is 12.1 Å². The largest absolute Gasteiger partial charge is 0.439 e. The van der Waals surface area contributed by atoms with Crippen molar-refractivity contribution in [3.8, 4) is 5.75 Å². The van der Waals surface area contributed by atoms with Crippen LogP contribution < -0.4 is 24.9 Å². The van der Waals surface area contributed by atoms with Crippen LogP contribution in [0, 0.1) is 11.6 Å². The average molecular weight is 529 g/mol. The molecule has 198 valence electrons. The first-order valence-corrected chi connectivity index (χ1v) is 12.7. The minimum atomic E-state index is -0.303. The Kier molecular flexibility index (Phi) is 7.82. The molecule has 2 aromatic carbocycles. The number of anilines is 2. The fourth-order valence-electron chi connectivity index (χ4n) is 4.27. The normalized spacial score (nSPS) is 16.5. The number of ether oxygens (including phenoxy) is 1. The first kappa shape index (κ1) is 25.9. The number of aromatic amines is 2. The maximum Gasteiger partial charge on any atom is 0.372 e. The number of halogens is 2. The van der Waals surface area contributed by atoms with Gasteiger partial charge < -0.3 is 19.4 Å². The summed E-state index contributed by atoms with van der Waals surface area (Å²) >= 11 is 0. The molecule has 3 heterocycles. The number of hydrogen-bond donors (Lipinski definition) is 1. The van der Waals surface area contributed by atoms with E-state index in [2.05, 4.69) is 26.3 Å². The van der Waals surface area contributed by atoms with Crippen LogP contribution in [0.4, 0.5) is 20.2 Å². The standard InChI is InChI=1S/C24H18F2N2O2.C7H10N2/c25-17-6-8-21-19(13-17)27-23(29-21)10-4-15-2-1-3-16(12-15)5-11-24-28-20-14-18(26)7-9-22(20)30-24;1-9(2)7-3-5-8-6-4-7/h4-14,27H,1-3H2;3-6H,1-2H3/p+2/b11-5+,15-4+,23-10-;. The SMILES string of the molecule is CN(C)c1cc[nH+]cc1.Fc1ccc2c(c1)N/C(=C/C=C1C=C(/C=C/c3[nH+]c4cc(F)ccc4o3)CCC/1)O2. The van der Waals surface area contributed by atoms with Crippen LogP contribution in [0.15, 0.2) is 107 Å². The number of H-pyrrole nitrogens is 2. The van der Waals surface area contributed by atoms with Gasteiger partial charge in [-0.3, -0.25) is 0 Å². The van der Waals surface area contributed by atoms with Crippen LogP contribution in [-0.4, -0.2) is 14.1 Å². The van der Waals surface area contributed by atoms with Gasteiger partial charge in [-0.05, 0) is 66.8 Å². The van der Waals surface area contributed by atoms with Gasteiger partial charge in [-0.15, -0.1) is 0 Å². The summed E-state index contributed by atoms with van der Waals surface area (Å²) in [6, 6.07) is 12.9. The molecule has 0 atom stereocenters. The third kappa shape index (κ3) is 6.78. The van der Waals surface area contributed by atoms with Crippen molar-refractivity contribution < 1.29 is 27.9 Å². The van der Waals surface area contributed by atoms with E-state index in [0.29, 0.717) is 34.3 Å². The summed E-state index contributed by atoms with van der Waals surface area (Å²) in [6.45, 7) is 0. The van der Waals surface area contributed by atoms with Crippen molar-refractivity contribution in [1.29, 1.82) is 0 Å². The van der Waals surface area contributed by atoms with E-state index < -0.39 is 0 Å². The molecule has 0 radical (unpaired) electrons. The molecule has 0 saturated carbocycles. The van der Waals surface area contributed by atoms with E-state index in [0.717, 1.165) is 19.3 Å². The third-order valence-electron chi connectivity index (χ3n) is 6.26. The van der Waals surface area contributed by atoms with Gasteiger partial charge in [0.25, 0.3) is 5.52 Å². The molecule has 0 bridgehead atoms. The average Bonchev–Trinajstić information content (AvgIpc) is 3.54.